The third-order valence-corrected chi connectivity index (χ3v) is 1.88. The quantitative estimate of drug-likeness (QED) is 0.790. The molecule has 0 fully saturated rings. The predicted octanol–water partition coefficient (Wildman–Crippen LogP) is 0.197. The van der Waals surface area contributed by atoms with Gasteiger partial charge in [-0.15, -0.1) is 5.10 Å². The summed E-state index contributed by atoms with van der Waals surface area (Å²) in [6.45, 7) is 0.345. The van der Waals surface area contributed by atoms with Gasteiger partial charge in [-0.3, -0.25) is 4.79 Å². The minimum absolute atomic E-state index is 0.272. The Bertz CT molecular complexity index is 459. The van der Waals surface area contributed by atoms with E-state index in [2.05, 4.69) is 25.5 Å². The summed E-state index contributed by atoms with van der Waals surface area (Å²) in [5.74, 6) is -0.272. The Morgan fingerprint density at radius 2 is 2.25 bits per heavy atom. The highest BCUT2D eigenvalue weighted by molar-refractivity contribution is 5.91. The second-order valence-corrected chi connectivity index (χ2v) is 2.99. The molecule has 2 rings (SSSR count). The van der Waals surface area contributed by atoms with Gasteiger partial charge >= 0.3 is 0 Å². The fourth-order valence-corrected chi connectivity index (χ4v) is 1.11. The lowest BCUT2D eigenvalue weighted by Crippen LogP contribution is -2.24. The van der Waals surface area contributed by atoms with E-state index in [9.17, 15) is 4.79 Å². The van der Waals surface area contributed by atoms with Crippen LogP contribution in [0.4, 0.5) is 0 Å². The molecular formula is C10H9N5O. The second kappa shape index (κ2) is 4.92. The molecule has 6 heteroatoms. The molecule has 2 aromatic heterocycles. The first kappa shape index (κ1) is 10.2. The molecule has 0 saturated heterocycles. The minimum Gasteiger partial charge on any atom is -0.345 e. The van der Waals surface area contributed by atoms with Crippen LogP contribution in [0.5, 0.6) is 0 Å². The Kier molecular flexibility index (Phi) is 3.12. The Morgan fingerprint density at radius 1 is 1.31 bits per heavy atom. The van der Waals surface area contributed by atoms with Crippen molar-refractivity contribution in [2.45, 2.75) is 6.54 Å². The van der Waals surface area contributed by atoms with Gasteiger partial charge in [0.25, 0.3) is 5.91 Å². The molecule has 16 heavy (non-hydrogen) atoms. The Hall–Kier alpha value is -2.37. The zero-order valence-electron chi connectivity index (χ0n) is 8.37. The largest absolute Gasteiger partial charge is 0.345 e. The topological polar surface area (TPSA) is 80.7 Å². The summed E-state index contributed by atoms with van der Waals surface area (Å²) in [6.07, 6.45) is 4.57. The fraction of sp³-hybridized carbons (Fsp3) is 0.100. The van der Waals surface area contributed by atoms with Crippen molar-refractivity contribution >= 4 is 5.91 Å². The van der Waals surface area contributed by atoms with E-state index in [4.69, 9.17) is 0 Å². The number of aromatic nitrogens is 4. The van der Waals surface area contributed by atoms with Gasteiger partial charge < -0.3 is 5.32 Å². The lowest BCUT2D eigenvalue weighted by molar-refractivity contribution is 0.0944. The number of nitrogens with zero attached hydrogens (tertiary/aromatic N) is 4. The summed E-state index contributed by atoms with van der Waals surface area (Å²) in [5, 5.41) is 10.0. The number of carbonyl (C=O) groups is 1. The molecule has 0 radical (unpaired) electrons. The second-order valence-electron chi connectivity index (χ2n) is 2.99. The summed E-state index contributed by atoms with van der Waals surface area (Å²) in [5.41, 5.74) is 1.03. The van der Waals surface area contributed by atoms with Crippen molar-refractivity contribution in [3.8, 4) is 0 Å². The Labute approximate surface area is 91.8 Å². The third kappa shape index (κ3) is 2.57. The zero-order valence-corrected chi connectivity index (χ0v) is 8.37. The van der Waals surface area contributed by atoms with Crippen LogP contribution < -0.4 is 5.32 Å². The molecule has 0 unspecified atom stereocenters. The molecule has 1 amide bonds. The normalized spacial score (nSPS) is 9.75. The van der Waals surface area contributed by atoms with Gasteiger partial charge in [0.05, 0.1) is 12.2 Å². The van der Waals surface area contributed by atoms with E-state index in [1.807, 2.05) is 0 Å². The van der Waals surface area contributed by atoms with Crippen molar-refractivity contribution in [1.82, 2.24) is 25.5 Å². The number of hydrogen-bond donors (Lipinski definition) is 1. The molecule has 0 atom stereocenters. The van der Waals surface area contributed by atoms with Crippen molar-refractivity contribution in [3.05, 3.63) is 48.3 Å². The summed E-state index contributed by atoms with van der Waals surface area (Å²) in [6, 6.07) is 4.99. The predicted molar refractivity (Wildman–Crippen MR) is 55.2 cm³/mol. The first-order valence-electron chi connectivity index (χ1n) is 4.67. The lowest BCUT2D eigenvalue weighted by Gasteiger charge is -2.02. The van der Waals surface area contributed by atoms with E-state index in [1.165, 1.54) is 12.5 Å². The average Bonchev–Trinajstić information content (AvgIpc) is 2.38. The van der Waals surface area contributed by atoms with Crippen molar-refractivity contribution in [2.24, 2.45) is 0 Å². The molecule has 2 heterocycles. The highest BCUT2D eigenvalue weighted by atomic mass is 16.1. The van der Waals surface area contributed by atoms with E-state index >= 15 is 0 Å². The molecule has 0 aliphatic rings. The van der Waals surface area contributed by atoms with E-state index in [0.29, 0.717) is 6.54 Å². The molecule has 2 aromatic rings. The molecule has 0 spiro atoms. The summed E-state index contributed by atoms with van der Waals surface area (Å²) in [4.78, 5) is 19.3. The monoisotopic (exact) mass is 215 g/mol. The van der Waals surface area contributed by atoms with Crippen LogP contribution >= 0.6 is 0 Å². The number of rotatable bonds is 3. The highest BCUT2D eigenvalue weighted by Crippen LogP contribution is 1.94. The fourth-order valence-electron chi connectivity index (χ4n) is 1.11. The van der Waals surface area contributed by atoms with E-state index < -0.39 is 0 Å². The summed E-state index contributed by atoms with van der Waals surface area (Å²) in [7, 11) is 0. The van der Waals surface area contributed by atoms with Crippen LogP contribution in [0.25, 0.3) is 0 Å². The van der Waals surface area contributed by atoms with Gasteiger partial charge in [-0.1, -0.05) is 0 Å². The van der Waals surface area contributed by atoms with Crippen molar-refractivity contribution in [2.75, 3.05) is 0 Å². The molecule has 0 aliphatic heterocycles. The van der Waals surface area contributed by atoms with Crippen LogP contribution in [-0.2, 0) is 6.54 Å². The van der Waals surface area contributed by atoms with Gasteiger partial charge in [0.1, 0.15) is 6.33 Å². The maximum Gasteiger partial charge on any atom is 0.272 e. The average molecular weight is 215 g/mol. The molecule has 0 saturated carbocycles. The molecule has 1 N–H and O–H groups in total. The first-order chi connectivity index (χ1) is 7.86. The van der Waals surface area contributed by atoms with Gasteiger partial charge in [0, 0.05) is 12.4 Å². The van der Waals surface area contributed by atoms with Gasteiger partial charge in [0.15, 0.2) is 5.69 Å². The highest BCUT2D eigenvalue weighted by Gasteiger charge is 2.06. The van der Waals surface area contributed by atoms with Crippen LogP contribution in [0.2, 0.25) is 0 Å². The molecular weight excluding hydrogens is 206 g/mol. The first-order valence-corrected chi connectivity index (χ1v) is 4.67. The smallest absolute Gasteiger partial charge is 0.272 e. The SMILES string of the molecule is O=C(NCc1ccncn1)c1cccnn1. The standard InChI is InChI=1S/C10H9N5O/c16-10(9-2-1-4-14-15-9)12-6-8-3-5-11-7-13-8/h1-5,7H,6H2,(H,12,16). The summed E-state index contributed by atoms with van der Waals surface area (Å²) >= 11 is 0. The third-order valence-electron chi connectivity index (χ3n) is 1.88. The zero-order chi connectivity index (χ0) is 11.2. The maximum atomic E-state index is 11.6. The number of carbonyl (C=O) groups excluding carboxylic acids is 1. The van der Waals surface area contributed by atoms with E-state index in [0.717, 1.165) is 5.69 Å². The van der Waals surface area contributed by atoms with Gasteiger partial charge in [0.2, 0.25) is 0 Å². The Morgan fingerprint density at radius 3 is 2.94 bits per heavy atom. The Balaban J connectivity index is 1.95. The maximum absolute atomic E-state index is 11.6. The number of nitrogens with one attached hydrogen (secondary N) is 1. The van der Waals surface area contributed by atoms with Crippen LogP contribution in [0, 0.1) is 0 Å². The van der Waals surface area contributed by atoms with Gasteiger partial charge in [-0.25, -0.2) is 9.97 Å². The number of hydrogen-bond acceptors (Lipinski definition) is 5. The minimum atomic E-state index is -0.272. The molecule has 80 valence electrons. The van der Waals surface area contributed by atoms with Crippen molar-refractivity contribution in [3.63, 3.8) is 0 Å². The molecule has 6 nitrogen and oxygen atoms in total. The lowest BCUT2D eigenvalue weighted by atomic mass is 10.3. The van der Waals surface area contributed by atoms with Gasteiger partial charge in [-0.2, -0.15) is 5.10 Å². The molecule has 0 aliphatic carbocycles. The van der Waals surface area contributed by atoms with Crippen molar-refractivity contribution in [1.29, 1.82) is 0 Å². The van der Waals surface area contributed by atoms with E-state index in [-0.39, 0.29) is 11.6 Å². The van der Waals surface area contributed by atoms with Crippen LogP contribution in [0.1, 0.15) is 16.2 Å². The van der Waals surface area contributed by atoms with Crippen LogP contribution in [0.3, 0.4) is 0 Å². The summed E-state index contributed by atoms with van der Waals surface area (Å²) < 4.78 is 0. The van der Waals surface area contributed by atoms with Crippen molar-refractivity contribution < 1.29 is 4.79 Å². The molecule has 0 bridgehead atoms. The van der Waals surface area contributed by atoms with E-state index in [1.54, 1.807) is 24.4 Å². The van der Waals surface area contributed by atoms with Gasteiger partial charge in [-0.05, 0) is 18.2 Å². The van der Waals surface area contributed by atoms with Crippen LogP contribution in [-0.4, -0.2) is 26.1 Å². The van der Waals surface area contributed by atoms with Crippen LogP contribution in [0.15, 0.2) is 36.9 Å². The number of amides is 1. The molecule has 0 aromatic carbocycles.